The molecule has 1 N–H and O–H groups in total. The second-order valence-corrected chi connectivity index (χ2v) is 7.38. The SMILES string of the molecule is CCCCCCCC(=O)NN(C(=O)c1cccc(C)c1)C(C)(C)C. The molecule has 0 unspecified atom stereocenters. The number of amides is 2. The fraction of sp³-hybridized carbons (Fsp3) is 0.600. The van der Waals surface area contributed by atoms with Gasteiger partial charge in [0.15, 0.2) is 0 Å². The van der Waals surface area contributed by atoms with Crippen molar-refractivity contribution in [2.45, 2.75) is 78.7 Å². The maximum atomic E-state index is 12.8. The van der Waals surface area contributed by atoms with Gasteiger partial charge in [-0.05, 0) is 46.2 Å². The molecule has 4 heteroatoms. The summed E-state index contributed by atoms with van der Waals surface area (Å²) in [4.78, 5) is 25.0. The molecule has 4 nitrogen and oxygen atoms in total. The minimum atomic E-state index is -0.487. The van der Waals surface area contributed by atoms with E-state index < -0.39 is 5.54 Å². The van der Waals surface area contributed by atoms with E-state index in [1.54, 1.807) is 6.07 Å². The van der Waals surface area contributed by atoms with Crippen molar-refractivity contribution in [3.8, 4) is 0 Å². The largest absolute Gasteiger partial charge is 0.273 e. The van der Waals surface area contributed by atoms with Gasteiger partial charge in [0.25, 0.3) is 5.91 Å². The van der Waals surface area contributed by atoms with Gasteiger partial charge in [0.05, 0.1) is 5.54 Å². The summed E-state index contributed by atoms with van der Waals surface area (Å²) in [5.74, 6) is -0.270. The highest BCUT2D eigenvalue weighted by molar-refractivity contribution is 5.96. The summed E-state index contributed by atoms with van der Waals surface area (Å²) in [5, 5.41) is 1.45. The first-order chi connectivity index (χ1) is 11.3. The maximum Gasteiger partial charge on any atom is 0.272 e. The van der Waals surface area contributed by atoms with E-state index in [0.29, 0.717) is 12.0 Å². The molecular weight excluding hydrogens is 300 g/mol. The van der Waals surface area contributed by atoms with E-state index in [2.05, 4.69) is 12.3 Å². The Morgan fingerprint density at radius 2 is 1.75 bits per heavy atom. The quantitative estimate of drug-likeness (QED) is 0.585. The Hall–Kier alpha value is -1.84. The molecule has 0 aliphatic heterocycles. The topological polar surface area (TPSA) is 49.4 Å². The van der Waals surface area contributed by atoms with E-state index in [-0.39, 0.29) is 11.8 Å². The van der Waals surface area contributed by atoms with Gasteiger partial charge in [-0.3, -0.25) is 15.0 Å². The van der Waals surface area contributed by atoms with Crippen molar-refractivity contribution in [1.82, 2.24) is 10.4 Å². The molecule has 0 aliphatic carbocycles. The zero-order chi connectivity index (χ0) is 18.2. The zero-order valence-electron chi connectivity index (χ0n) is 15.8. The van der Waals surface area contributed by atoms with Gasteiger partial charge in [0.2, 0.25) is 5.91 Å². The first-order valence-corrected chi connectivity index (χ1v) is 8.96. The normalized spacial score (nSPS) is 11.2. The third-order valence-electron chi connectivity index (χ3n) is 3.88. The van der Waals surface area contributed by atoms with E-state index in [9.17, 15) is 9.59 Å². The standard InChI is InChI=1S/C20H32N2O2/c1-6-7-8-9-10-14-18(23)21-22(20(3,4)5)19(24)17-13-11-12-16(2)15-17/h11-13,15H,6-10,14H2,1-5H3,(H,21,23). The summed E-state index contributed by atoms with van der Waals surface area (Å²) in [6, 6.07) is 7.44. The summed E-state index contributed by atoms with van der Waals surface area (Å²) >= 11 is 0. The molecule has 0 bridgehead atoms. The molecule has 0 saturated carbocycles. The second kappa shape index (κ2) is 9.45. The highest BCUT2D eigenvalue weighted by Gasteiger charge is 2.29. The molecular formula is C20H32N2O2. The fourth-order valence-corrected chi connectivity index (χ4v) is 2.50. The Balaban J connectivity index is 2.69. The van der Waals surface area contributed by atoms with Crippen molar-refractivity contribution in [3.05, 3.63) is 35.4 Å². The van der Waals surface area contributed by atoms with Crippen LogP contribution in [-0.4, -0.2) is 22.4 Å². The van der Waals surface area contributed by atoms with E-state index in [1.807, 2.05) is 45.9 Å². The van der Waals surface area contributed by atoms with Gasteiger partial charge >= 0.3 is 0 Å². The van der Waals surface area contributed by atoms with Crippen LogP contribution in [0.2, 0.25) is 0 Å². The van der Waals surface area contributed by atoms with Gasteiger partial charge < -0.3 is 0 Å². The van der Waals surface area contributed by atoms with Crippen LogP contribution in [0, 0.1) is 6.92 Å². The Morgan fingerprint density at radius 1 is 1.08 bits per heavy atom. The molecule has 134 valence electrons. The van der Waals surface area contributed by atoms with Crippen LogP contribution in [0.15, 0.2) is 24.3 Å². The smallest absolute Gasteiger partial charge is 0.272 e. The Bertz CT molecular complexity index is 547. The number of hydrogen-bond donors (Lipinski definition) is 1. The van der Waals surface area contributed by atoms with E-state index in [0.717, 1.165) is 24.8 Å². The summed E-state index contributed by atoms with van der Waals surface area (Å²) < 4.78 is 0. The molecule has 0 aliphatic rings. The number of carbonyl (C=O) groups is 2. The average molecular weight is 332 g/mol. The van der Waals surface area contributed by atoms with Crippen LogP contribution < -0.4 is 5.43 Å². The number of benzene rings is 1. The average Bonchev–Trinajstić information content (AvgIpc) is 2.50. The molecule has 0 fully saturated rings. The third-order valence-corrected chi connectivity index (χ3v) is 3.88. The number of hydrazine groups is 1. The highest BCUT2D eigenvalue weighted by atomic mass is 16.2. The van der Waals surface area contributed by atoms with Crippen molar-refractivity contribution in [2.75, 3.05) is 0 Å². The van der Waals surface area contributed by atoms with Crippen LogP contribution >= 0.6 is 0 Å². The monoisotopic (exact) mass is 332 g/mol. The van der Waals surface area contributed by atoms with Crippen LogP contribution in [0.25, 0.3) is 0 Å². The Kier molecular flexibility index (Phi) is 7.96. The van der Waals surface area contributed by atoms with Crippen molar-refractivity contribution >= 4 is 11.8 Å². The summed E-state index contributed by atoms with van der Waals surface area (Å²) in [6.45, 7) is 9.88. The van der Waals surface area contributed by atoms with Gasteiger partial charge in [-0.1, -0.05) is 50.3 Å². The lowest BCUT2D eigenvalue weighted by Crippen LogP contribution is -2.55. The lowest BCUT2D eigenvalue weighted by molar-refractivity contribution is -0.127. The molecule has 0 atom stereocenters. The molecule has 1 aromatic rings. The molecule has 0 spiro atoms. The number of aryl methyl sites for hydroxylation is 1. The predicted octanol–water partition coefficient (Wildman–Crippen LogP) is 4.63. The van der Waals surface area contributed by atoms with Gasteiger partial charge in [-0.15, -0.1) is 0 Å². The summed E-state index contributed by atoms with van der Waals surface area (Å²) in [7, 11) is 0. The number of unbranched alkanes of at least 4 members (excludes halogenated alkanes) is 4. The van der Waals surface area contributed by atoms with Crippen LogP contribution in [0.1, 0.15) is 82.1 Å². The third kappa shape index (κ3) is 6.73. The minimum Gasteiger partial charge on any atom is -0.273 e. The van der Waals surface area contributed by atoms with Crippen LogP contribution in [-0.2, 0) is 4.79 Å². The number of nitrogens with zero attached hydrogens (tertiary/aromatic N) is 1. The summed E-state index contributed by atoms with van der Waals surface area (Å²) in [6.07, 6.45) is 5.94. The van der Waals surface area contributed by atoms with Crippen molar-refractivity contribution in [2.24, 2.45) is 0 Å². The van der Waals surface area contributed by atoms with Crippen molar-refractivity contribution in [1.29, 1.82) is 0 Å². The Morgan fingerprint density at radius 3 is 2.33 bits per heavy atom. The maximum absolute atomic E-state index is 12.8. The molecule has 2 amide bonds. The predicted molar refractivity (Wildman–Crippen MR) is 98.6 cm³/mol. The fourth-order valence-electron chi connectivity index (χ4n) is 2.50. The van der Waals surface area contributed by atoms with E-state index in [4.69, 9.17) is 0 Å². The lowest BCUT2D eigenvalue weighted by atomic mass is 10.1. The molecule has 1 aromatic carbocycles. The molecule has 0 radical (unpaired) electrons. The first kappa shape index (κ1) is 20.2. The number of rotatable bonds is 7. The van der Waals surface area contributed by atoms with Gasteiger partial charge in [0, 0.05) is 12.0 Å². The first-order valence-electron chi connectivity index (χ1n) is 8.96. The Labute approximate surface area is 146 Å². The number of carbonyl (C=O) groups excluding carboxylic acids is 2. The molecule has 1 rings (SSSR count). The van der Waals surface area contributed by atoms with Crippen LogP contribution in [0.5, 0.6) is 0 Å². The second-order valence-electron chi connectivity index (χ2n) is 7.38. The molecule has 24 heavy (non-hydrogen) atoms. The van der Waals surface area contributed by atoms with Gasteiger partial charge in [-0.25, -0.2) is 5.01 Å². The lowest BCUT2D eigenvalue weighted by Gasteiger charge is -2.35. The van der Waals surface area contributed by atoms with Gasteiger partial charge in [-0.2, -0.15) is 0 Å². The van der Waals surface area contributed by atoms with E-state index >= 15 is 0 Å². The number of hydrogen-bond acceptors (Lipinski definition) is 2. The van der Waals surface area contributed by atoms with E-state index in [1.165, 1.54) is 17.9 Å². The van der Waals surface area contributed by atoms with Gasteiger partial charge in [0.1, 0.15) is 0 Å². The molecule has 0 aromatic heterocycles. The number of nitrogens with one attached hydrogen (secondary N) is 1. The van der Waals surface area contributed by atoms with Crippen LogP contribution in [0.3, 0.4) is 0 Å². The van der Waals surface area contributed by atoms with Crippen LogP contribution in [0.4, 0.5) is 0 Å². The summed E-state index contributed by atoms with van der Waals surface area (Å²) in [5.41, 5.74) is 3.94. The highest BCUT2D eigenvalue weighted by Crippen LogP contribution is 2.16. The van der Waals surface area contributed by atoms with Crippen molar-refractivity contribution < 1.29 is 9.59 Å². The van der Waals surface area contributed by atoms with Crippen molar-refractivity contribution in [3.63, 3.8) is 0 Å². The molecule has 0 heterocycles. The zero-order valence-corrected chi connectivity index (χ0v) is 15.8. The molecule has 0 saturated heterocycles. The minimum absolute atomic E-state index is 0.0950.